The van der Waals surface area contributed by atoms with E-state index in [4.69, 9.17) is 10.5 Å². The molecule has 6 heteroatoms. The van der Waals surface area contributed by atoms with Gasteiger partial charge in [0.1, 0.15) is 9.88 Å². The fourth-order valence-corrected chi connectivity index (χ4v) is 2.76. The molecule has 1 fully saturated rings. The summed E-state index contributed by atoms with van der Waals surface area (Å²) in [6, 6.07) is -0.170. The Morgan fingerprint density at radius 3 is 2.72 bits per heavy atom. The molecule has 0 aliphatic heterocycles. The van der Waals surface area contributed by atoms with Crippen LogP contribution in [0.5, 0.6) is 0 Å². The van der Waals surface area contributed by atoms with E-state index in [0.29, 0.717) is 15.8 Å². The molecule has 0 radical (unpaired) electrons. The van der Waals surface area contributed by atoms with Gasteiger partial charge in [-0.2, -0.15) is 0 Å². The number of nitrogens with two attached hydrogens (primary N) is 1. The first-order valence-corrected chi connectivity index (χ1v) is 6.80. The van der Waals surface area contributed by atoms with Gasteiger partial charge in [-0.1, -0.05) is 0 Å². The average molecular weight is 268 g/mol. The van der Waals surface area contributed by atoms with Crippen molar-refractivity contribution in [2.75, 3.05) is 6.61 Å². The Morgan fingerprint density at radius 2 is 2.22 bits per heavy atom. The number of thiazole rings is 1. The Bertz CT molecular complexity index is 480. The van der Waals surface area contributed by atoms with E-state index >= 15 is 0 Å². The summed E-state index contributed by atoms with van der Waals surface area (Å²) >= 11 is 1.21. The molecule has 2 N–H and O–H groups in total. The van der Waals surface area contributed by atoms with Crippen molar-refractivity contribution in [3.63, 3.8) is 0 Å². The van der Waals surface area contributed by atoms with Crippen LogP contribution in [0.4, 0.5) is 0 Å². The van der Waals surface area contributed by atoms with Crippen molar-refractivity contribution in [2.24, 2.45) is 11.7 Å². The number of aromatic nitrogens is 1. The second-order valence-electron chi connectivity index (χ2n) is 4.37. The molecule has 1 atom stereocenters. The molecule has 1 aliphatic carbocycles. The van der Waals surface area contributed by atoms with Gasteiger partial charge in [-0.25, -0.2) is 9.78 Å². The van der Waals surface area contributed by atoms with Crippen LogP contribution in [0, 0.1) is 5.92 Å². The molecular weight excluding hydrogens is 252 g/mol. The monoisotopic (exact) mass is 268 g/mol. The van der Waals surface area contributed by atoms with Crippen molar-refractivity contribution in [3.05, 3.63) is 15.6 Å². The minimum Gasteiger partial charge on any atom is -0.461 e. The van der Waals surface area contributed by atoms with E-state index in [1.807, 2.05) is 0 Å². The molecule has 0 amide bonds. The van der Waals surface area contributed by atoms with Crippen molar-refractivity contribution in [1.82, 2.24) is 4.98 Å². The molecule has 98 valence electrons. The first-order valence-electron chi connectivity index (χ1n) is 5.99. The molecular formula is C12H16N2O3S. The zero-order valence-electron chi connectivity index (χ0n) is 10.4. The van der Waals surface area contributed by atoms with E-state index in [9.17, 15) is 9.59 Å². The van der Waals surface area contributed by atoms with Crippen LogP contribution in [-0.4, -0.2) is 23.3 Å². The fraction of sp³-hybridized carbons (Fsp3) is 0.583. The summed E-state index contributed by atoms with van der Waals surface area (Å²) in [5.41, 5.74) is 6.15. The number of rotatable bonds is 5. The molecule has 0 bridgehead atoms. The smallest absolute Gasteiger partial charge is 0.358 e. The Labute approximate surface area is 109 Å². The summed E-state index contributed by atoms with van der Waals surface area (Å²) < 4.78 is 4.90. The van der Waals surface area contributed by atoms with Crippen LogP contribution in [0.25, 0.3) is 0 Å². The van der Waals surface area contributed by atoms with Gasteiger partial charge in [-0.15, -0.1) is 11.3 Å². The van der Waals surface area contributed by atoms with Gasteiger partial charge in [-0.05, 0) is 25.7 Å². The Balaban J connectivity index is 2.31. The molecule has 2 rings (SSSR count). The van der Waals surface area contributed by atoms with E-state index in [-0.39, 0.29) is 24.1 Å². The maximum atomic E-state index is 11.7. The van der Waals surface area contributed by atoms with Crippen LogP contribution >= 0.6 is 11.3 Å². The first-order chi connectivity index (χ1) is 8.54. The summed E-state index contributed by atoms with van der Waals surface area (Å²) in [7, 11) is 0. The molecule has 18 heavy (non-hydrogen) atoms. The van der Waals surface area contributed by atoms with Crippen molar-refractivity contribution >= 4 is 23.1 Å². The number of hydrogen-bond acceptors (Lipinski definition) is 6. The largest absolute Gasteiger partial charge is 0.461 e. The number of esters is 1. The maximum absolute atomic E-state index is 11.7. The zero-order valence-corrected chi connectivity index (χ0v) is 11.3. The highest BCUT2D eigenvalue weighted by Crippen LogP contribution is 2.41. The lowest BCUT2D eigenvalue weighted by atomic mass is 10.2. The molecule has 5 nitrogen and oxygen atoms in total. The normalized spacial score (nSPS) is 16.4. The van der Waals surface area contributed by atoms with Crippen LogP contribution in [0.15, 0.2) is 0 Å². The Kier molecular flexibility index (Phi) is 3.77. The Morgan fingerprint density at radius 1 is 1.56 bits per heavy atom. The molecule has 1 aromatic heterocycles. The van der Waals surface area contributed by atoms with Gasteiger partial charge >= 0.3 is 5.97 Å². The highest BCUT2D eigenvalue weighted by molar-refractivity contribution is 7.14. The van der Waals surface area contributed by atoms with Gasteiger partial charge in [0.2, 0.25) is 0 Å². The molecule has 0 spiro atoms. The summed E-state index contributed by atoms with van der Waals surface area (Å²) in [5, 5.41) is 0.658. The van der Waals surface area contributed by atoms with Crippen LogP contribution in [-0.2, 0) is 4.74 Å². The Hall–Kier alpha value is -1.27. The number of Topliss-reactive ketones (excluding diaryl/α,β-unsaturated/α-hetero) is 1. The summed E-state index contributed by atoms with van der Waals surface area (Å²) in [6.07, 6.45) is 2.18. The minimum absolute atomic E-state index is 0.112. The van der Waals surface area contributed by atoms with Gasteiger partial charge in [0.15, 0.2) is 11.5 Å². The zero-order chi connectivity index (χ0) is 13.3. The maximum Gasteiger partial charge on any atom is 0.358 e. The van der Waals surface area contributed by atoms with Crippen LogP contribution in [0.1, 0.15) is 57.9 Å². The predicted molar refractivity (Wildman–Crippen MR) is 67.7 cm³/mol. The second-order valence-corrected chi connectivity index (χ2v) is 5.40. The van der Waals surface area contributed by atoms with E-state index in [1.54, 1.807) is 6.92 Å². The SMILES string of the molecule is CCOC(=O)c1nc(C(N)C2CC2)sc1C(C)=O. The molecule has 1 heterocycles. The molecule has 0 saturated heterocycles. The number of hydrogen-bond donors (Lipinski definition) is 1. The molecule has 1 saturated carbocycles. The van der Waals surface area contributed by atoms with Crippen LogP contribution < -0.4 is 5.73 Å². The van der Waals surface area contributed by atoms with Crippen molar-refractivity contribution in [2.45, 2.75) is 32.7 Å². The first kappa shape index (κ1) is 13.2. The third kappa shape index (κ3) is 2.59. The number of nitrogens with zero attached hydrogens (tertiary/aromatic N) is 1. The summed E-state index contributed by atoms with van der Waals surface area (Å²) in [5.74, 6) is -0.288. The van der Waals surface area contributed by atoms with Gasteiger partial charge in [0, 0.05) is 6.92 Å². The van der Waals surface area contributed by atoms with E-state index < -0.39 is 5.97 Å². The van der Waals surface area contributed by atoms with Gasteiger partial charge in [-0.3, -0.25) is 4.79 Å². The number of ketones is 1. The van der Waals surface area contributed by atoms with Crippen molar-refractivity contribution < 1.29 is 14.3 Å². The van der Waals surface area contributed by atoms with Crippen molar-refractivity contribution in [1.29, 1.82) is 0 Å². The van der Waals surface area contributed by atoms with E-state index in [2.05, 4.69) is 4.98 Å². The molecule has 0 aromatic carbocycles. The quantitative estimate of drug-likeness (QED) is 0.651. The average Bonchev–Trinajstić information content (AvgIpc) is 3.06. The lowest BCUT2D eigenvalue weighted by Crippen LogP contribution is -2.13. The van der Waals surface area contributed by atoms with E-state index in [1.165, 1.54) is 18.3 Å². The highest BCUT2D eigenvalue weighted by atomic mass is 32.1. The lowest BCUT2D eigenvalue weighted by molar-refractivity contribution is 0.0517. The van der Waals surface area contributed by atoms with Gasteiger partial charge in [0.25, 0.3) is 0 Å². The van der Waals surface area contributed by atoms with Crippen molar-refractivity contribution in [3.8, 4) is 0 Å². The highest BCUT2D eigenvalue weighted by Gasteiger charge is 2.33. The fourth-order valence-electron chi connectivity index (χ4n) is 1.71. The van der Waals surface area contributed by atoms with Crippen LogP contribution in [0.2, 0.25) is 0 Å². The van der Waals surface area contributed by atoms with Crippen LogP contribution in [0.3, 0.4) is 0 Å². The van der Waals surface area contributed by atoms with Gasteiger partial charge < -0.3 is 10.5 Å². The topological polar surface area (TPSA) is 82.3 Å². The third-order valence-corrected chi connectivity index (χ3v) is 4.10. The summed E-state index contributed by atoms with van der Waals surface area (Å²) in [6.45, 7) is 3.40. The molecule has 1 unspecified atom stereocenters. The summed E-state index contributed by atoms with van der Waals surface area (Å²) in [4.78, 5) is 27.8. The lowest BCUT2D eigenvalue weighted by Gasteiger charge is -2.04. The number of ether oxygens (including phenoxy) is 1. The molecule has 1 aromatic rings. The predicted octanol–water partition coefficient (Wildman–Crippen LogP) is 1.93. The van der Waals surface area contributed by atoms with Gasteiger partial charge in [0.05, 0.1) is 12.6 Å². The number of carbonyl (C=O) groups excluding carboxylic acids is 2. The van der Waals surface area contributed by atoms with E-state index in [0.717, 1.165) is 12.8 Å². The third-order valence-electron chi connectivity index (χ3n) is 2.85. The minimum atomic E-state index is -0.548. The second kappa shape index (κ2) is 5.16. The standard InChI is InChI=1S/C12H16N2O3S/c1-3-17-12(16)9-10(6(2)15)18-11(14-9)8(13)7-4-5-7/h7-8H,3-5,13H2,1-2H3. The number of carbonyl (C=O) groups is 2. The molecule has 1 aliphatic rings.